The zero-order valence-electron chi connectivity index (χ0n) is 12.9. The summed E-state index contributed by atoms with van der Waals surface area (Å²) in [6.45, 7) is 2.60. The molecule has 2 rings (SSSR count). The molecule has 2 N–H and O–H groups in total. The molecule has 0 radical (unpaired) electrons. The SMILES string of the molecule is Cc1ccccc1OCCCC(=O)NCc1ccc(C(=O)O)o1. The van der Waals surface area contributed by atoms with Crippen molar-refractivity contribution < 1.29 is 23.8 Å². The lowest BCUT2D eigenvalue weighted by molar-refractivity contribution is -0.121. The van der Waals surface area contributed by atoms with Gasteiger partial charge < -0.3 is 19.6 Å². The normalized spacial score (nSPS) is 10.3. The molecule has 0 spiro atoms. The minimum atomic E-state index is -1.13. The number of para-hydroxylation sites is 1. The zero-order valence-corrected chi connectivity index (χ0v) is 12.9. The number of amides is 1. The van der Waals surface area contributed by atoms with Crippen molar-refractivity contribution in [3.05, 3.63) is 53.5 Å². The first-order chi connectivity index (χ1) is 11.1. The maximum absolute atomic E-state index is 11.7. The number of carbonyl (C=O) groups is 2. The summed E-state index contributed by atoms with van der Waals surface area (Å²) in [7, 11) is 0. The van der Waals surface area contributed by atoms with Crippen LogP contribution < -0.4 is 10.1 Å². The van der Waals surface area contributed by atoms with E-state index >= 15 is 0 Å². The molecule has 1 aromatic carbocycles. The first kappa shape index (κ1) is 16.6. The fourth-order valence-electron chi connectivity index (χ4n) is 2.00. The molecule has 0 fully saturated rings. The molecule has 0 saturated heterocycles. The van der Waals surface area contributed by atoms with Crippen LogP contribution in [-0.4, -0.2) is 23.6 Å². The van der Waals surface area contributed by atoms with Crippen LogP contribution in [0.4, 0.5) is 0 Å². The Morgan fingerprint density at radius 2 is 2.00 bits per heavy atom. The molecular weight excluding hydrogens is 298 g/mol. The zero-order chi connectivity index (χ0) is 16.7. The number of carbonyl (C=O) groups excluding carboxylic acids is 1. The van der Waals surface area contributed by atoms with Crippen LogP contribution in [0.15, 0.2) is 40.8 Å². The third-order valence-corrected chi connectivity index (χ3v) is 3.23. The summed E-state index contributed by atoms with van der Waals surface area (Å²) in [5, 5.41) is 11.4. The molecule has 23 heavy (non-hydrogen) atoms. The summed E-state index contributed by atoms with van der Waals surface area (Å²) in [6.07, 6.45) is 0.928. The van der Waals surface area contributed by atoms with Gasteiger partial charge in [-0.1, -0.05) is 18.2 Å². The molecule has 0 saturated carbocycles. The number of nitrogens with one attached hydrogen (secondary N) is 1. The Balaban J connectivity index is 1.65. The van der Waals surface area contributed by atoms with Gasteiger partial charge in [-0.05, 0) is 37.1 Å². The summed E-state index contributed by atoms with van der Waals surface area (Å²) < 4.78 is 10.7. The van der Waals surface area contributed by atoms with Gasteiger partial charge >= 0.3 is 5.97 Å². The molecule has 0 atom stereocenters. The topological polar surface area (TPSA) is 88.8 Å². The number of ether oxygens (including phenoxy) is 1. The molecule has 0 unspecified atom stereocenters. The lowest BCUT2D eigenvalue weighted by atomic mass is 10.2. The van der Waals surface area contributed by atoms with Gasteiger partial charge in [0.05, 0.1) is 13.2 Å². The minimum absolute atomic E-state index is 0.133. The number of furan rings is 1. The summed E-state index contributed by atoms with van der Waals surface area (Å²) in [4.78, 5) is 22.4. The van der Waals surface area contributed by atoms with Gasteiger partial charge in [-0.2, -0.15) is 0 Å². The molecule has 0 aliphatic heterocycles. The van der Waals surface area contributed by atoms with Crippen LogP contribution in [0.3, 0.4) is 0 Å². The lowest BCUT2D eigenvalue weighted by Crippen LogP contribution is -2.22. The molecule has 1 amide bonds. The van der Waals surface area contributed by atoms with Gasteiger partial charge in [-0.25, -0.2) is 4.79 Å². The summed E-state index contributed by atoms with van der Waals surface area (Å²) in [5.74, 6) is -0.167. The Hall–Kier alpha value is -2.76. The van der Waals surface area contributed by atoms with Crippen molar-refractivity contribution in [1.29, 1.82) is 0 Å². The van der Waals surface area contributed by atoms with Crippen molar-refractivity contribution in [3.63, 3.8) is 0 Å². The van der Waals surface area contributed by atoms with Gasteiger partial charge in [0.2, 0.25) is 11.7 Å². The summed E-state index contributed by atoms with van der Waals surface area (Å²) in [6, 6.07) is 10.6. The molecule has 122 valence electrons. The summed E-state index contributed by atoms with van der Waals surface area (Å²) >= 11 is 0. The second kappa shape index (κ2) is 8.03. The van der Waals surface area contributed by atoms with Gasteiger partial charge in [0.25, 0.3) is 0 Å². The molecule has 1 heterocycles. The highest BCUT2D eigenvalue weighted by molar-refractivity contribution is 5.84. The van der Waals surface area contributed by atoms with Crippen LogP contribution in [0.25, 0.3) is 0 Å². The third kappa shape index (κ3) is 5.18. The Bertz CT molecular complexity index is 677. The van der Waals surface area contributed by atoms with E-state index in [1.807, 2.05) is 31.2 Å². The monoisotopic (exact) mass is 317 g/mol. The number of carboxylic acids is 1. The average Bonchev–Trinajstić information content (AvgIpc) is 3.00. The number of aryl methyl sites for hydroxylation is 1. The number of carboxylic acid groups (broad SMARTS) is 1. The molecule has 6 nitrogen and oxygen atoms in total. The Morgan fingerprint density at radius 3 is 2.70 bits per heavy atom. The number of hydrogen-bond acceptors (Lipinski definition) is 4. The van der Waals surface area contributed by atoms with Crippen molar-refractivity contribution in [1.82, 2.24) is 5.32 Å². The predicted octanol–water partition coefficient (Wildman–Crippen LogP) is 2.76. The highest BCUT2D eigenvalue weighted by Gasteiger charge is 2.09. The average molecular weight is 317 g/mol. The first-order valence-corrected chi connectivity index (χ1v) is 7.33. The Kier molecular flexibility index (Phi) is 5.80. The predicted molar refractivity (Wildman–Crippen MR) is 83.4 cm³/mol. The van der Waals surface area contributed by atoms with E-state index < -0.39 is 5.97 Å². The van der Waals surface area contributed by atoms with E-state index in [1.165, 1.54) is 12.1 Å². The van der Waals surface area contributed by atoms with Crippen molar-refractivity contribution in [2.75, 3.05) is 6.61 Å². The maximum atomic E-state index is 11.7. The minimum Gasteiger partial charge on any atom is -0.493 e. The van der Waals surface area contributed by atoms with E-state index in [0.29, 0.717) is 25.2 Å². The van der Waals surface area contributed by atoms with Crippen molar-refractivity contribution in [2.45, 2.75) is 26.3 Å². The van der Waals surface area contributed by atoms with Crippen LogP contribution >= 0.6 is 0 Å². The fourth-order valence-corrected chi connectivity index (χ4v) is 2.00. The van der Waals surface area contributed by atoms with Crippen LogP contribution in [0.5, 0.6) is 5.75 Å². The van der Waals surface area contributed by atoms with Gasteiger partial charge in [0.15, 0.2) is 0 Å². The third-order valence-electron chi connectivity index (χ3n) is 3.23. The smallest absolute Gasteiger partial charge is 0.371 e. The van der Waals surface area contributed by atoms with Gasteiger partial charge in [-0.15, -0.1) is 0 Å². The number of hydrogen-bond donors (Lipinski definition) is 2. The van der Waals surface area contributed by atoms with E-state index in [1.54, 1.807) is 0 Å². The molecule has 2 aromatic rings. The molecule has 0 bridgehead atoms. The largest absolute Gasteiger partial charge is 0.493 e. The molecule has 0 aliphatic rings. The van der Waals surface area contributed by atoms with E-state index in [9.17, 15) is 9.59 Å². The fraction of sp³-hybridized carbons (Fsp3) is 0.294. The number of rotatable bonds is 8. The van der Waals surface area contributed by atoms with Crippen LogP contribution in [0, 0.1) is 6.92 Å². The van der Waals surface area contributed by atoms with E-state index in [0.717, 1.165) is 11.3 Å². The van der Waals surface area contributed by atoms with Gasteiger partial charge in [0, 0.05) is 6.42 Å². The molecule has 0 aliphatic carbocycles. The van der Waals surface area contributed by atoms with Crippen LogP contribution in [0.1, 0.15) is 34.7 Å². The first-order valence-electron chi connectivity index (χ1n) is 7.33. The highest BCUT2D eigenvalue weighted by atomic mass is 16.5. The number of aromatic carboxylic acids is 1. The van der Waals surface area contributed by atoms with Crippen molar-refractivity contribution in [3.8, 4) is 5.75 Å². The maximum Gasteiger partial charge on any atom is 0.371 e. The highest BCUT2D eigenvalue weighted by Crippen LogP contribution is 2.16. The molecule has 1 aromatic heterocycles. The number of benzene rings is 1. The Labute approximate surface area is 134 Å². The van der Waals surface area contributed by atoms with Crippen LogP contribution in [0.2, 0.25) is 0 Å². The Morgan fingerprint density at radius 1 is 1.22 bits per heavy atom. The lowest BCUT2D eigenvalue weighted by Gasteiger charge is -2.08. The quantitative estimate of drug-likeness (QED) is 0.731. The van der Waals surface area contributed by atoms with E-state index in [-0.39, 0.29) is 18.2 Å². The van der Waals surface area contributed by atoms with E-state index in [4.69, 9.17) is 14.3 Å². The second-order valence-corrected chi connectivity index (χ2v) is 5.07. The van der Waals surface area contributed by atoms with Gasteiger partial charge in [0.1, 0.15) is 11.5 Å². The van der Waals surface area contributed by atoms with Crippen LogP contribution in [-0.2, 0) is 11.3 Å². The molecular formula is C17H19NO5. The van der Waals surface area contributed by atoms with Crippen molar-refractivity contribution >= 4 is 11.9 Å². The summed E-state index contributed by atoms with van der Waals surface area (Å²) in [5.41, 5.74) is 1.06. The second-order valence-electron chi connectivity index (χ2n) is 5.07. The van der Waals surface area contributed by atoms with Gasteiger partial charge in [-0.3, -0.25) is 4.79 Å². The van der Waals surface area contributed by atoms with E-state index in [2.05, 4.69) is 5.32 Å². The standard InChI is InChI=1S/C17H19NO5/c1-12-5-2-3-6-14(12)22-10-4-7-16(19)18-11-13-8-9-15(23-13)17(20)21/h2-3,5-6,8-9H,4,7,10-11H2,1H3,(H,18,19)(H,20,21). The molecule has 6 heteroatoms. The van der Waals surface area contributed by atoms with Crippen molar-refractivity contribution in [2.24, 2.45) is 0 Å².